The van der Waals surface area contributed by atoms with Crippen molar-refractivity contribution >= 4 is 5.91 Å². The second kappa shape index (κ2) is 5.82. The molecule has 3 fully saturated rings. The molecule has 1 heterocycles. The number of piperidine rings is 1. The number of carbonyl (C=O) groups is 1. The van der Waals surface area contributed by atoms with E-state index in [9.17, 15) is 4.79 Å². The number of nitrogens with zero attached hydrogens (tertiary/aromatic N) is 1. The van der Waals surface area contributed by atoms with Gasteiger partial charge in [0.1, 0.15) is 0 Å². The summed E-state index contributed by atoms with van der Waals surface area (Å²) in [6.45, 7) is 3.64. The summed E-state index contributed by atoms with van der Waals surface area (Å²) in [5.74, 6) is 1.20. The van der Waals surface area contributed by atoms with E-state index < -0.39 is 0 Å². The van der Waals surface area contributed by atoms with Crippen molar-refractivity contribution < 1.29 is 4.79 Å². The minimum absolute atomic E-state index is 0.338. The van der Waals surface area contributed by atoms with Gasteiger partial charge in [0.2, 0.25) is 5.91 Å². The van der Waals surface area contributed by atoms with Crippen molar-refractivity contribution in [1.82, 2.24) is 10.2 Å². The Morgan fingerprint density at radius 3 is 2.58 bits per heavy atom. The lowest BCUT2D eigenvalue weighted by atomic mass is 9.69. The van der Waals surface area contributed by atoms with Crippen LogP contribution in [0, 0.1) is 11.3 Å². The molecule has 1 aliphatic heterocycles. The topological polar surface area (TPSA) is 32.3 Å². The minimum Gasteiger partial charge on any atom is -0.341 e. The number of likely N-dealkylation sites (tertiary alicyclic amines) is 1. The number of carbonyl (C=O) groups excluding carboxylic acids is 1. The zero-order chi connectivity index (χ0) is 13.1. The van der Waals surface area contributed by atoms with Gasteiger partial charge in [-0.15, -0.1) is 0 Å². The SMILES string of the molecule is O=C(CNCC1CC1)N1CCCC2(CCCCC2)C1. The van der Waals surface area contributed by atoms with Gasteiger partial charge >= 0.3 is 0 Å². The lowest BCUT2D eigenvalue weighted by Crippen LogP contribution is -2.49. The lowest BCUT2D eigenvalue weighted by Gasteiger charge is -2.45. The van der Waals surface area contributed by atoms with Gasteiger partial charge in [0.25, 0.3) is 0 Å². The van der Waals surface area contributed by atoms with Crippen LogP contribution < -0.4 is 5.32 Å². The Morgan fingerprint density at radius 2 is 1.84 bits per heavy atom. The first-order valence-corrected chi connectivity index (χ1v) is 8.26. The zero-order valence-electron chi connectivity index (χ0n) is 12.1. The smallest absolute Gasteiger partial charge is 0.236 e. The highest BCUT2D eigenvalue weighted by Gasteiger charge is 2.37. The van der Waals surface area contributed by atoms with E-state index in [1.807, 2.05) is 0 Å². The molecule has 1 amide bonds. The first kappa shape index (κ1) is 13.4. The number of hydrogen-bond acceptors (Lipinski definition) is 2. The molecular weight excluding hydrogens is 236 g/mol. The molecule has 3 nitrogen and oxygen atoms in total. The van der Waals surface area contributed by atoms with Crippen LogP contribution >= 0.6 is 0 Å². The minimum atomic E-state index is 0.338. The van der Waals surface area contributed by atoms with E-state index in [0.29, 0.717) is 17.9 Å². The molecule has 2 saturated carbocycles. The van der Waals surface area contributed by atoms with E-state index in [1.54, 1.807) is 0 Å². The van der Waals surface area contributed by atoms with Gasteiger partial charge < -0.3 is 10.2 Å². The second-order valence-electron chi connectivity index (χ2n) is 7.05. The Labute approximate surface area is 117 Å². The molecular formula is C16H28N2O. The monoisotopic (exact) mass is 264 g/mol. The van der Waals surface area contributed by atoms with E-state index >= 15 is 0 Å². The molecule has 0 aromatic rings. The maximum Gasteiger partial charge on any atom is 0.236 e. The van der Waals surface area contributed by atoms with Crippen LogP contribution in [-0.4, -0.2) is 37.0 Å². The summed E-state index contributed by atoms with van der Waals surface area (Å²) in [4.78, 5) is 14.4. The van der Waals surface area contributed by atoms with E-state index in [0.717, 1.165) is 25.6 Å². The van der Waals surface area contributed by atoms with Crippen LogP contribution in [0.25, 0.3) is 0 Å². The zero-order valence-corrected chi connectivity index (χ0v) is 12.1. The third-order valence-electron chi connectivity index (χ3n) is 5.33. The molecule has 0 bridgehead atoms. The number of amides is 1. The highest BCUT2D eigenvalue weighted by Crippen LogP contribution is 2.43. The summed E-state index contributed by atoms with van der Waals surface area (Å²) < 4.78 is 0. The van der Waals surface area contributed by atoms with Crippen LogP contribution in [0.4, 0.5) is 0 Å². The van der Waals surface area contributed by atoms with Gasteiger partial charge in [0.15, 0.2) is 0 Å². The maximum atomic E-state index is 12.3. The Bertz CT molecular complexity index is 313. The van der Waals surface area contributed by atoms with Crippen LogP contribution in [0.1, 0.15) is 57.8 Å². The van der Waals surface area contributed by atoms with Crippen molar-refractivity contribution in [2.75, 3.05) is 26.2 Å². The predicted molar refractivity (Wildman–Crippen MR) is 76.9 cm³/mol. The van der Waals surface area contributed by atoms with Gasteiger partial charge in [-0.2, -0.15) is 0 Å². The molecule has 1 N–H and O–H groups in total. The largest absolute Gasteiger partial charge is 0.341 e. The molecule has 19 heavy (non-hydrogen) atoms. The number of hydrogen-bond donors (Lipinski definition) is 1. The van der Waals surface area contributed by atoms with Gasteiger partial charge in [-0.3, -0.25) is 4.79 Å². The summed E-state index contributed by atoms with van der Waals surface area (Å²) in [5, 5.41) is 3.34. The van der Waals surface area contributed by atoms with Crippen molar-refractivity contribution in [1.29, 1.82) is 0 Å². The van der Waals surface area contributed by atoms with Gasteiger partial charge in [-0.05, 0) is 56.4 Å². The van der Waals surface area contributed by atoms with E-state index in [2.05, 4.69) is 10.2 Å². The fourth-order valence-electron chi connectivity index (χ4n) is 3.95. The van der Waals surface area contributed by atoms with Crippen LogP contribution in [0.15, 0.2) is 0 Å². The molecule has 3 rings (SSSR count). The van der Waals surface area contributed by atoms with Crippen LogP contribution in [0.3, 0.4) is 0 Å². The molecule has 3 aliphatic rings. The molecule has 3 heteroatoms. The van der Waals surface area contributed by atoms with Crippen molar-refractivity contribution in [3.05, 3.63) is 0 Å². The van der Waals surface area contributed by atoms with Crippen molar-refractivity contribution in [2.24, 2.45) is 11.3 Å². The third-order valence-corrected chi connectivity index (χ3v) is 5.33. The summed E-state index contributed by atoms with van der Waals surface area (Å²) in [7, 11) is 0. The fraction of sp³-hybridized carbons (Fsp3) is 0.938. The highest BCUT2D eigenvalue weighted by atomic mass is 16.2. The van der Waals surface area contributed by atoms with Crippen LogP contribution in [0.5, 0.6) is 0 Å². The van der Waals surface area contributed by atoms with E-state index in [-0.39, 0.29) is 0 Å². The molecule has 2 aliphatic carbocycles. The van der Waals surface area contributed by atoms with Crippen molar-refractivity contribution in [2.45, 2.75) is 57.8 Å². The normalized spacial score (nSPS) is 26.6. The molecule has 1 spiro atoms. The standard InChI is InChI=1S/C16H28N2O/c19-15(12-17-11-14-5-6-14)18-10-4-9-16(13-18)7-2-1-3-8-16/h14,17H,1-13H2. The summed E-state index contributed by atoms with van der Waals surface area (Å²) in [6, 6.07) is 0. The van der Waals surface area contributed by atoms with Crippen LogP contribution in [0.2, 0.25) is 0 Å². The Kier molecular flexibility index (Phi) is 4.11. The first-order chi connectivity index (χ1) is 9.27. The molecule has 0 aromatic carbocycles. The molecule has 0 atom stereocenters. The lowest BCUT2D eigenvalue weighted by molar-refractivity contribution is -0.134. The van der Waals surface area contributed by atoms with Crippen molar-refractivity contribution in [3.8, 4) is 0 Å². The Balaban J connectivity index is 1.47. The Hall–Kier alpha value is -0.570. The second-order valence-corrected chi connectivity index (χ2v) is 7.05. The Morgan fingerprint density at radius 1 is 1.11 bits per heavy atom. The quantitative estimate of drug-likeness (QED) is 0.846. The summed E-state index contributed by atoms with van der Waals surface area (Å²) in [6.07, 6.45) is 12.1. The van der Waals surface area contributed by atoms with E-state index in [1.165, 1.54) is 57.8 Å². The third kappa shape index (κ3) is 3.50. The van der Waals surface area contributed by atoms with Gasteiger partial charge in [-0.1, -0.05) is 19.3 Å². The predicted octanol–water partition coefficient (Wildman–Crippen LogP) is 2.56. The van der Waals surface area contributed by atoms with Crippen molar-refractivity contribution in [3.63, 3.8) is 0 Å². The maximum absolute atomic E-state index is 12.3. The van der Waals surface area contributed by atoms with Crippen LogP contribution in [-0.2, 0) is 4.79 Å². The highest BCUT2D eigenvalue weighted by molar-refractivity contribution is 5.78. The molecule has 0 aromatic heterocycles. The average molecular weight is 264 g/mol. The van der Waals surface area contributed by atoms with Gasteiger partial charge in [0.05, 0.1) is 6.54 Å². The molecule has 0 radical (unpaired) electrons. The summed E-state index contributed by atoms with van der Waals surface area (Å²) in [5.41, 5.74) is 0.489. The molecule has 0 unspecified atom stereocenters. The average Bonchev–Trinajstić information content (AvgIpc) is 3.24. The molecule has 1 saturated heterocycles. The fourth-order valence-corrected chi connectivity index (χ4v) is 3.95. The first-order valence-electron chi connectivity index (χ1n) is 8.26. The number of nitrogens with one attached hydrogen (secondary N) is 1. The molecule has 108 valence electrons. The van der Waals surface area contributed by atoms with Gasteiger partial charge in [-0.25, -0.2) is 0 Å². The van der Waals surface area contributed by atoms with Gasteiger partial charge in [0, 0.05) is 13.1 Å². The summed E-state index contributed by atoms with van der Waals surface area (Å²) >= 11 is 0. The number of rotatable bonds is 4. The van der Waals surface area contributed by atoms with E-state index in [4.69, 9.17) is 0 Å².